The van der Waals surface area contributed by atoms with E-state index >= 15 is 0 Å². The van der Waals surface area contributed by atoms with Gasteiger partial charge >= 0.3 is 11.5 Å². The van der Waals surface area contributed by atoms with Crippen molar-refractivity contribution in [3.63, 3.8) is 0 Å². The molecule has 1 fully saturated rings. The maximum Gasteiger partial charge on any atom is 0.468 e. The van der Waals surface area contributed by atoms with Crippen LogP contribution in [-0.2, 0) is 17.9 Å². The molecule has 0 bridgehead atoms. The fourth-order valence-corrected chi connectivity index (χ4v) is 3.02. The van der Waals surface area contributed by atoms with E-state index in [-0.39, 0.29) is 18.1 Å². The van der Waals surface area contributed by atoms with Crippen molar-refractivity contribution >= 4 is 17.4 Å². The SMILES string of the molecule is Cc1c([N+](=O)[O-])c([N+](=O)[O-])nn1CC(=O)N1CCN(Cc2ccco2)CC1. The highest BCUT2D eigenvalue weighted by Crippen LogP contribution is 2.29. The van der Waals surface area contributed by atoms with Gasteiger partial charge in [0.1, 0.15) is 18.0 Å². The van der Waals surface area contributed by atoms with Crippen molar-refractivity contribution in [3.8, 4) is 0 Å². The Morgan fingerprint density at radius 3 is 2.44 bits per heavy atom. The van der Waals surface area contributed by atoms with Crippen molar-refractivity contribution < 1.29 is 19.1 Å². The molecule has 0 N–H and O–H groups in total. The van der Waals surface area contributed by atoms with E-state index < -0.39 is 21.4 Å². The average Bonchev–Trinajstić information content (AvgIpc) is 3.24. The molecule has 1 amide bonds. The van der Waals surface area contributed by atoms with Crippen LogP contribution in [0.3, 0.4) is 0 Å². The van der Waals surface area contributed by atoms with Crippen LogP contribution >= 0.6 is 0 Å². The van der Waals surface area contributed by atoms with Crippen molar-refractivity contribution in [2.24, 2.45) is 0 Å². The van der Waals surface area contributed by atoms with E-state index in [2.05, 4.69) is 10.00 Å². The second-order valence-corrected chi connectivity index (χ2v) is 6.17. The zero-order chi connectivity index (χ0) is 19.6. The number of hydrogen-bond donors (Lipinski definition) is 0. The first-order valence-corrected chi connectivity index (χ1v) is 8.25. The molecular weight excluding hydrogens is 360 g/mol. The van der Waals surface area contributed by atoms with Gasteiger partial charge in [-0.15, -0.1) is 0 Å². The van der Waals surface area contributed by atoms with E-state index in [0.29, 0.717) is 32.7 Å². The summed E-state index contributed by atoms with van der Waals surface area (Å²) >= 11 is 0. The Kier molecular flexibility index (Phi) is 5.16. The van der Waals surface area contributed by atoms with E-state index in [9.17, 15) is 25.0 Å². The molecule has 3 rings (SSSR count). The second-order valence-electron chi connectivity index (χ2n) is 6.17. The normalized spacial score (nSPS) is 15.1. The highest BCUT2D eigenvalue weighted by atomic mass is 16.6. The summed E-state index contributed by atoms with van der Waals surface area (Å²) in [7, 11) is 0. The Bertz CT molecular complexity index is 853. The standard InChI is InChI=1S/C15H18N6O6/c1-11-14(20(23)24)15(21(25)26)16-19(11)10-13(22)18-6-4-17(5-7-18)9-12-3-2-8-27-12/h2-3,8H,4-7,9-10H2,1H3. The number of rotatable bonds is 6. The van der Waals surface area contributed by atoms with Crippen LogP contribution in [0.25, 0.3) is 0 Å². The van der Waals surface area contributed by atoms with Crippen molar-refractivity contribution in [2.75, 3.05) is 26.2 Å². The molecule has 27 heavy (non-hydrogen) atoms. The fraction of sp³-hybridized carbons (Fsp3) is 0.467. The van der Waals surface area contributed by atoms with Crippen LogP contribution in [-0.4, -0.2) is 61.5 Å². The van der Waals surface area contributed by atoms with Gasteiger partial charge in [0.25, 0.3) is 0 Å². The molecule has 1 aliphatic heterocycles. The number of amides is 1. The van der Waals surface area contributed by atoms with Crippen molar-refractivity contribution in [1.82, 2.24) is 19.6 Å². The molecule has 0 aromatic carbocycles. The second kappa shape index (κ2) is 7.53. The summed E-state index contributed by atoms with van der Waals surface area (Å²) in [5.74, 6) is -0.293. The van der Waals surface area contributed by atoms with Crippen molar-refractivity contribution in [3.05, 3.63) is 50.1 Å². The quantitative estimate of drug-likeness (QED) is 0.534. The van der Waals surface area contributed by atoms with Gasteiger partial charge < -0.3 is 19.4 Å². The van der Waals surface area contributed by atoms with Crippen LogP contribution < -0.4 is 0 Å². The van der Waals surface area contributed by atoms with E-state index in [4.69, 9.17) is 4.42 Å². The Balaban J connectivity index is 1.62. The summed E-state index contributed by atoms with van der Waals surface area (Å²) in [6, 6.07) is 3.71. The van der Waals surface area contributed by atoms with Crippen LogP contribution in [0, 0.1) is 27.2 Å². The van der Waals surface area contributed by atoms with Crippen molar-refractivity contribution in [1.29, 1.82) is 0 Å². The van der Waals surface area contributed by atoms with Gasteiger partial charge in [-0.1, -0.05) is 0 Å². The Hall–Kier alpha value is -3.28. The third kappa shape index (κ3) is 3.95. The molecule has 0 radical (unpaired) electrons. The van der Waals surface area contributed by atoms with Gasteiger partial charge in [-0.05, 0) is 24.0 Å². The third-order valence-corrected chi connectivity index (χ3v) is 4.48. The Labute approximate surface area is 153 Å². The van der Waals surface area contributed by atoms with Crippen LogP contribution in [0.2, 0.25) is 0 Å². The minimum Gasteiger partial charge on any atom is -0.468 e. The number of aromatic nitrogens is 2. The molecule has 144 valence electrons. The van der Waals surface area contributed by atoms with Gasteiger partial charge in [-0.3, -0.25) is 19.8 Å². The van der Waals surface area contributed by atoms with E-state index in [1.165, 1.54) is 6.92 Å². The topological polar surface area (TPSA) is 141 Å². The number of carbonyl (C=O) groups is 1. The van der Waals surface area contributed by atoms with Gasteiger partial charge in [0.15, 0.2) is 0 Å². The molecule has 0 saturated carbocycles. The fourth-order valence-electron chi connectivity index (χ4n) is 3.02. The first kappa shape index (κ1) is 18.5. The molecule has 0 aliphatic carbocycles. The van der Waals surface area contributed by atoms with Gasteiger partial charge in [0.05, 0.1) is 22.8 Å². The molecule has 1 aliphatic rings. The van der Waals surface area contributed by atoms with Crippen LogP contribution in [0.5, 0.6) is 0 Å². The molecule has 0 unspecified atom stereocenters. The number of hydrogen-bond acceptors (Lipinski definition) is 8. The highest BCUT2D eigenvalue weighted by molar-refractivity contribution is 5.76. The zero-order valence-corrected chi connectivity index (χ0v) is 14.6. The molecule has 0 spiro atoms. The molecule has 12 nitrogen and oxygen atoms in total. The van der Waals surface area contributed by atoms with Gasteiger partial charge in [0, 0.05) is 26.2 Å². The summed E-state index contributed by atoms with van der Waals surface area (Å²) in [5.41, 5.74) is -0.701. The molecule has 12 heteroatoms. The summed E-state index contributed by atoms with van der Waals surface area (Å²) in [6.45, 7) is 4.01. The predicted molar refractivity (Wildman–Crippen MR) is 90.8 cm³/mol. The Morgan fingerprint density at radius 2 is 1.93 bits per heavy atom. The molecule has 2 aromatic heterocycles. The number of furan rings is 1. The van der Waals surface area contributed by atoms with Gasteiger partial charge in [0.2, 0.25) is 5.91 Å². The smallest absolute Gasteiger partial charge is 0.468 e. The molecule has 2 aromatic rings. The van der Waals surface area contributed by atoms with Crippen LogP contribution in [0.1, 0.15) is 11.5 Å². The van der Waals surface area contributed by atoms with E-state index in [0.717, 1.165) is 10.4 Å². The molecule has 3 heterocycles. The number of nitrogens with zero attached hydrogens (tertiary/aromatic N) is 6. The number of carbonyl (C=O) groups excluding carboxylic acids is 1. The number of nitro groups is 2. The molecular formula is C15H18N6O6. The first-order chi connectivity index (χ1) is 12.9. The lowest BCUT2D eigenvalue weighted by atomic mass is 10.3. The minimum atomic E-state index is -0.917. The van der Waals surface area contributed by atoms with Gasteiger partial charge in [-0.2, -0.15) is 4.68 Å². The maximum atomic E-state index is 12.5. The molecule has 0 atom stereocenters. The number of piperazine rings is 1. The highest BCUT2D eigenvalue weighted by Gasteiger charge is 2.36. The minimum absolute atomic E-state index is 0.0171. The van der Waals surface area contributed by atoms with E-state index in [1.54, 1.807) is 11.2 Å². The monoisotopic (exact) mass is 378 g/mol. The lowest BCUT2D eigenvalue weighted by molar-refractivity contribution is -0.424. The third-order valence-electron chi connectivity index (χ3n) is 4.48. The maximum absolute atomic E-state index is 12.5. The first-order valence-electron chi connectivity index (χ1n) is 8.25. The van der Waals surface area contributed by atoms with Crippen LogP contribution in [0.15, 0.2) is 22.8 Å². The summed E-state index contributed by atoms with van der Waals surface area (Å²) in [4.78, 5) is 36.5. The lowest BCUT2D eigenvalue weighted by Gasteiger charge is -2.34. The van der Waals surface area contributed by atoms with E-state index in [1.807, 2.05) is 12.1 Å². The largest absolute Gasteiger partial charge is 0.468 e. The average molecular weight is 378 g/mol. The predicted octanol–water partition coefficient (Wildman–Crippen LogP) is 0.945. The Morgan fingerprint density at radius 1 is 1.22 bits per heavy atom. The van der Waals surface area contributed by atoms with Crippen molar-refractivity contribution in [2.45, 2.75) is 20.0 Å². The molecule has 1 saturated heterocycles. The van der Waals surface area contributed by atoms with Crippen LogP contribution in [0.4, 0.5) is 11.5 Å². The summed E-state index contributed by atoms with van der Waals surface area (Å²) < 4.78 is 6.33. The zero-order valence-electron chi connectivity index (χ0n) is 14.6. The van der Waals surface area contributed by atoms with Gasteiger partial charge in [-0.25, -0.2) is 0 Å². The lowest BCUT2D eigenvalue weighted by Crippen LogP contribution is -2.49. The summed E-state index contributed by atoms with van der Waals surface area (Å²) in [6.07, 6.45) is 1.61. The summed E-state index contributed by atoms with van der Waals surface area (Å²) in [5, 5.41) is 25.7.